The number of rotatable bonds is 0. The number of hydrogen-bond donors (Lipinski definition) is 1. The standard InChI is InChI=1S/C15H22O5/c1-12(2)9-7-11-13(3,18-11)6-5-10-14(4,17-10)8-15(9,16)20-19-12/h7,10-11,16H,5-6,8H2,1-4H3/t10-,11+,13-,14-,15-/m0/s1. The molecule has 0 spiro atoms. The molecule has 5 nitrogen and oxygen atoms in total. The van der Waals surface area contributed by atoms with Gasteiger partial charge in [0.2, 0.25) is 5.79 Å². The topological polar surface area (TPSA) is 63.8 Å². The summed E-state index contributed by atoms with van der Waals surface area (Å²) in [5, 5.41) is 10.9. The number of epoxide rings is 2. The smallest absolute Gasteiger partial charge is 0.227 e. The second-order valence-corrected chi connectivity index (χ2v) is 7.53. The van der Waals surface area contributed by atoms with Gasteiger partial charge in [0.05, 0.1) is 17.3 Å². The highest BCUT2D eigenvalue weighted by Gasteiger charge is 2.64. The highest BCUT2D eigenvalue weighted by atomic mass is 17.2. The maximum Gasteiger partial charge on any atom is 0.227 e. The molecule has 0 unspecified atom stereocenters. The van der Waals surface area contributed by atoms with Crippen molar-refractivity contribution in [2.75, 3.05) is 0 Å². The third-order valence-corrected chi connectivity index (χ3v) is 5.25. The molecule has 112 valence electrons. The van der Waals surface area contributed by atoms with Crippen LogP contribution in [0.2, 0.25) is 0 Å². The van der Waals surface area contributed by atoms with Gasteiger partial charge in [-0.15, -0.1) is 0 Å². The normalized spacial score (nSPS) is 56.1. The first kappa shape index (κ1) is 13.2. The molecule has 3 saturated heterocycles. The first-order valence-electron chi connectivity index (χ1n) is 7.35. The van der Waals surface area contributed by atoms with Crippen LogP contribution in [0.4, 0.5) is 0 Å². The molecule has 3 heterocycles. The summed E-state index contributed by atoms with van der Waals surface area (Å²) in [6.07, 6.45) is 4.49. The van der Waals surface area contributed by atoms with E-state index in [4.69, 9.17) is 19.2 Å². The SMILES string of the molecule is CC1(C)OO[C@@]2(O)C[C@]3(C)O[C@H]3CC[C@]3(C)O[C@@H]3C=C12. The molecular weight excluding hydrogens is 260 g/mol. The number of ether oxygens (including phenoxy) is 2. The van der Waals surface area contributed by atoms with Crippen molar-refractivity contribution < 1.29 is 24.4 Å². The average molecular weight is 282 g/mol. The molecular formula is C15H22O5. The van der Waals surface area contributed by atoms with Crippen LogP contribution in [-0.4, -0.2) is 39.9 Å². The van der Waals surface area contributed by atoms with Crippen molar-refractivity contribution in [3.8, 4) is 0 Å². The van der Waals surface area contributed by atoms with E-state index in [0.717, 1.165) is 18.4 Å². The minimum absolute atomic E-state index is 0.0247. The van der Waals surface area contributed by atoms with E-state index in [2.05, 4.69) is 6.92 Å². The van der Waals surface area contributed by atoms with E-state index >= 15 is 0 Å². The maximum absolute atomic E-state index is 10.9. The molecule has 20 heavy (non-hydrogen) atoms. The first-order valence-corrected chi connectivity index (χ1v) is 7.35. The molecule has 0 saturated carbocycles. The van der Waals surface area contributed by atoms with Gasteiger partial charge in [-0.1, -0.05) is 0 Å². The second-order valence-electron chi connectivity index (χ2n) is 7.53. The largest absolute Gasteiger partial charge is 0.366 e. The van der Waals surface area contributed by atoms with Gasteiger partial charge in [0.15, 0.2) is 0 Å². The molecule has 5 atom stereocenters. The zero-order valence-electron chi connectivity index (χ0n) is 12.4. The Bertz CT molecular complexity index is 500. The molecule has 0 bridgehead atoms. The van der Waals surface area contributed by atoms with Crippen LogP contribution in [0.1, 0.15) is 47.0 Å². The summed E-state index contributed by atoms with van der Waals surface area (Å²) in [7, 11) is 0. The first-order chi connectivity index (χ1) is 9.17. The van der Waals surface area contributed by atoms with Crippen molar-refractivity contribution in [1.82, 2.24) is 0 Å². The van der Waals surface area contributed by atoms with Gasteiger partial charge in [-0.25, -0.2) is 4.89 Å². The predicted octanol–water partition coefficient (Wildman–Crippen LogP) is 1.84. The summed E-state index contributed by atoms with van der Waals surface area (Å²) >= 11 is 0. The van der Waals surface area contributed by atoms with Gasteiger partial charge in [-0.2, -0.15) is 4.89 Å². The second kappa shape index (κ2) is 3.47. The van der Waals surface area contributed by atoms with Gasteiger partial charge in [-0.3, -0.25) is 0 Å². The van der Waals surface area contributed by atoms with Crippen LogP contribution in [0.15, 0.2) is 11.6 Å². The molecule has 4 aliphatic rings. The Morgan fingerprint density at radius 3 is 2.60 bits per heavy atom. The highest BCUT2D eigenvalue weighted by Crippen LogP contribution is 2.55. The van der Waals surface area contributed by atoms with Crippen LogP contribution >= 0.6 is 0 Å². The third-order valence-electron chi connectivity index (χ3n) is 5.25. The highest BCUT2D eigenvalue weighted by molar-refractivity contribution is 5.32. The summed E-state index contributed by atoms with van der Waals surface area (Å²) in [5.74, 6) is -1.42. The van der Waals surface area contributed by atoms with E-state index in [0.29, 0.717) is 6.42 Å². The molecule has 1 N–H and O–H groups in total. The van der Waals surface area contributed by atoms with Gasteiger partial charge in [0.25, 0.3) is 0 Å². The summed E-state index contributed by atoms with van der Waals surface area (Å²) < 4.78 is 11.6. The van der Waals surface area contributed by atoms with Crippen molar-refractivity contribution in [1.29, 1.82) is 0 Å². The van der Waals surface area contributed by atoms with Gasteiger partial charge in [-0.05, 0) is 46.6 Å². The van der Waals surface area contributed by atoms with Crippen molar-refractivity contribution in [2.45, 2.75) is 81.8 Å². The monoisotopic (exact) mass is 282 g/mol. The lowest BCUT2D eigenvalue weighted by molar-refractivity contribution is -0.391. The lowest BCUT2D eigenvalue weighted by atomic mass is 9.81. The van der Waals surface area contributed by atoms with E-state index in [-0.39, 0.29) is 23.4 Å². The quantitative estimate of drug-likeness (QED) is 0.417. The lowest BCUT2D eigenvalue weighted by Crippen LogP contribution is -2.39. The molecule has 0 radical (unpaired) electrons. The van der Waals surface area contributed by atoms with Gasteiger partial charge in [0.1, 0.15) is 11.7 Å². The molecule has 3 aliphatic heterocycles. The average Bonchev–Trinajstić information content (AvgIpc) is 3.15. The molecule has 0 aromatic carbocycles. The Kier molecular flexibility index (Phi) is 2.29. The van der Waals surface area contributed by atoms with Crippen LogP contribution in [-0.2, 0) is 19.2 Å². The van der Waals surface area contributed by atoms with E-state index in [1.54, 1.807) is 0 Å². The van der Waals surface area contributed by atoms with E-state index in [1.807, 2.05) is 26.8 Å². The van der Waals surface area contributed by atoms with Crippen molar-refractivity contribution in [3.05, 3.63) is 11.6 Å². The zero-order valence-corrected chi connectivity index (χ0v) is 12.4. The molecule has 4 rings (SSSR count). The van der Waals surface area contributed by atoms with Gasteiger partial charge < -0.3 is 14.6 Å². The summed E-state index contributed by atoms with van der Waals surface area (Å²) in [5.41, 5.74) is -0.385. The summed E-state index contributed by atoms with van der Waals surface area (Å²) in [6.45, 7) is 7.93. The van der Waals surface area contributed by atoms with E-state index in [1.165, 1.54) is 0 Å². The fourth-order valence-corrected chi connectivity index (χ4v) is 3.71. The fourth-order valence-electron chi connectivity index (χ4n) is 3.71. The molecule has 5 heteroatoms. The summed E-state index contributed by atoms with van der Waals surface area (Å²) in [6, 6.07) is 0. The molecule has 0 amide bonds. The Balaban J connectivity index is 1.75. The van der Waals surface area contributed by atoms with Crippen molar-refractivity contribution in [2.24, 2.45) is 0 Å². The van der Waals surface area contributed by atoms with Crippen molar-refractivity contribution >= 4 is 0 Å². The summed E-state index contributed by atoms with van der Waals surface area (Å²) in [4.78, 5) is 10.7. The fraction of sp³-hybridized carbons (Fsp3) is 0.867. The minimum atomic E-state index is -1.42. The molecule has 0 aromatic heterocycles. The Hall–Kier alpha value is -0.460. The van der Waals surface area contributed by atoms with Crippen LogP contribution in [0.25, 0.3) is 0 Å². The third kappa shape index (κ3) is 1.74. The minimum Gasteiger partial charge on any atom is -0.366 e. The zero-order chi connectivity index (χ0) is 14.4. The number of aliphatic hydroxyl groups is 1. The predicted molar refractivity (Wildman–Crippen MR) is 69.7 cm³/mol. The Labute approximate surface area is 118 Å². The van der Waals surface area contributed by atoms with Crippen LogP contribution in [0.3, 0.4) is 0 Å². The molecule has 0 aromatic rings. The lowest BCUT2D eigenvalue weighted by Gasteiger charge is -2.26. The number of fused-ring (bicyclic) bond motifs is 3. The van der Waals surface area contributed by atoms with Crippen molar-refractivity contribution in [3.63, 3.8) is 0 Å². The van der Waals surface area contributed by atoms with Crippen LogP contribution in [0.5, 0.6) is 0 Å². The Morgan fingerprint density at radius 2 is 1.85 bits per heavy atom. The molecule has 1 aliphatic carbocycles. The maximum atomic E-state index is 10.9. The van der Waals surface area contributed by atoms with Gasteiger partial charge >= 0.3 is 0 Å². The molecule has 3 fully saturated rings. The Morgan fingerprint density at radius 1 is 1.10 bits per heavy atom. The number of hydrogen-bond acceptors (Lipinski definition) is 5. The van der Waals surface area contributed by atoms with E-state index < -0.39 is 11.4 Å². The van der Waals surface area contributed by atoms with Gasteiger partial charge in [0, 0.05) is 12.0 Å². The van der Waals surface area contributed by atoms with Crippen LogP contribution < -0.4 is 0 Å². The van der Waals surface area contributed by atoms with E-state index in [9.17, 15) is 5.11 Å². The van der Waals surface area contributed by atoms with Crippen LogP contribution in [0, 0.1) is 0 Å².